The van der Waals surface area contributed by atoms with Crippen LogP contribution in [-0.4, -0.2) is 38.6 Å². The molecule has 4 rings (SSSR count). The van der Waals surface area contributed by atoms with Crippen LogP contribution in [0.4, 0.5) is 9.18 Å². The number of fused-ring (bicyclic) bond motifs is 1. The first-order valence-electron chi connectivity index (χ1n) is 9.24. The van der Waals surface area contributed by atoms with E-state index in [2.05, 4.69) is 21.8 Å². The Morgan fingerprint density at radius 3 is 3.04 bits per heavy atom. The van der Waals surface area contributed by atoms with Gasteiger partial charge in [-0.3, -0.25) is 0 Å². The molecule has 2 aromatic heterocycles. The van der Waals surface area contributed by atoms with Gasteiger partial charge >= 0.3 is 6.03 Å². The Bertz CT molecular complexity index is 970. The monoisotopic (exact) mass is 367 g/mol. The molecule has 0 aliphatic carbocycles. The second-order valence-electron chi connectivity index (χ2n) is 6.78. The summed E-state index contributed by atoms with van der Waals surface area (Å²) in [5, 5.41) is 2.88. The molecule has 6 nitrogen and oxygen atoms in total. The maximum Gasteiger partial charge on any atom is 0.317 e. The number of rotatable bonds is 4. The van der Waals surface area contributed by atoms with Crippen molar-refractivity contribution in [1.82, 2.24) is 24.8 Å². The van der Waals surface area contributed by atoms with Crippen LogP contribution in [0.1, 0.15) is 30.7 Å². The summed E-state index contributed by atoms with van der Waals surface area (Å²) in [6.07, 6.45) is 2.65. The number of likely N-dealkylation sites (tertiary alicyclic amines) is 1. The number of nitrogens with one attached hydrogen (secondary N) is 1. The van der Waals surface area contributed by atoms with Crippen molar-refractivity contribution < 1.29 is 9.18 Å². The van der Waals surface area contributed by atoms with Crippen molar-refractivity contribution in [3.63, 3.8) is 0 Å². The molecule has 0 radical (unpaired) electrons. The van der Waals surface area contributed by atoms with Gasteiger partial charge in [0.2, 0.25) is 0 Å². The summed E-state index contributed by atoms with van der Waals surface area (Å²) in [6, 6.07) is 10.0. The molecule has 7 heteroatoms. The van der Waals surface area contributed by atoms with Gasteiger partial charge in [0.15, 0.2) is 5.65 Å². The summed E-state index contributed by atoms with van der Waals surface area (Å²) in [6.45, 7) is 4.50. The van der Waals surface area contributed by atoms with E-state index in [-0.39, 0.29) is 17.8 Å². The fraction of sp³-hybridized carbons (Fsp3) is 0.350. The van der Waals surface area contributed by atoms with Gasteiger partial charge in [-0.25, -0.2) is 19.2 Å². The van der Waals surface area contributed by atoms with Crippen LogP contribution < -0.4 is 5.32 Å². The van der Waals surface area contributed by atoms with Gasteiger partial charge in [0.1, 0.15) is 17.2 Å². The molecule has 1 aliphatic heterocycles. The third kappa shape index (κ3) is 3.49. The topological polar surface area (TPSA) is 63.1 Å². The average Bonchev–Trinajstić information content (AvgIpc) is 3.30. The average molecular weight is 367 g/mol. The number of aryl methyl sites for hydroxylation is 1. The molecule has 3 heterocycles. The van der Waals surface area contributed by atoms with Gasteiger partial charge in [0.05, 0.1) is 0 Å². The number of amides is 2. The molecule has 1 atom stereocenters. The molecule has 1 aromatic carbocycles. The van der Waals surface area contributed by atoms with Gasteiger partial charge in [-0.15, -0.1) is 0 Å². The molecule has 0 saturated carbocycles. The van der Waals surface area contributed by atoms with E-state index >= 15 is 0 Å². The third-order valence-corrected chi connectivity index (χ3v) is 5.02. The van der Waals surface area contributed by atoms with Crippen molar-refractivity contribution in [1.29, 1.82) is 0 Å². The zero-order chi connectivity index (χ0) is 18.8. The highest BCUT2D eigenvalue weighted by atomic mass is 19.1. The number of pyridine rings is 1. The van der Waals surface area contributed by atoms with Crippen LogP contribution >= 0.6 is 0 Å². The van der Waals surface area contributed by atoms with Crippen LogP contribution in [0.2, 0.25) is 0 Å². The first-order chi connectivity index (χ1) is 13.2. The fourth-order valence-electron chi connectivity index (χ4n) is 3.69. The van der Waals surface area contributed by atoms with Crippen LogP contribution in [0.15, 0.2) is 42.6 Å². The number of carbonyl (C=O) groups is 1. The number of benzene rings is 1. The Morgan fingerprint density at radius 1 is 1.33 bits per heavy atom. The second kappa shape index (κ2) is 7.34. The number of hydrogen-bond acceptors (Lipinski definition) is 3. The zero-order valence-electron chi connectivity index (χ0n) is 15.2. The molecular formula is C20H22FN5O. The first kappa shape index (κ1) is 17.5. The second-order valence-corrected chi connectivity index (χ2v) is 6.78. The summed E-state index contributed by atoms with van der Waals surface area (Å²) >= 11 is 0. The van der Waals surface area contributed by atoms with Crippen molar-refractivity contribution in [3.8, 4) is 0 Å². The molecular weight excluding hydrogens is 345 g/mol. The molecule has 1 saturated heterocycles. The third-order valence-electron chi connectivity index (χ3n) is 5.02. The molecule has 2 amide bonds. The lowest BCUT2D eigenvalue weighted by Gasteiger charge is -2.17. The van der Waals surface area contributed by atoms with Crippen LogP contribution in [0.3, 0.4) is 0 Å². The van der Waals surface area contributed by atoms with E-state index in [1.165, 1.54) is 12.1 Å². The van der Waals surface area contributed by atoms with Gasteiger partial charge < -0.3 is 14.8 Å². The fourth-order valence-corrected chi connectivity index (χ4v) is 3.69. The maximum absolute atomic E-state index is 13.3. The minimum absolute atomic E-state index is 0.126. The van der Waals surface area contributed by atoms with E-state index in [0.717, 1.165) is 35.5 Å². The molecule has 0 spiro atoms. The van der Waals surface area contributed by atoms with Crippen molar-refractivity contribution in [2.75, 3.05) is 13.1 Å². The van der Waals surface area contributed by atoms with Gasteiger partial charge in [-0.05, 0) is 43.2 Å². The minimum atomic E-state index is -0.296. The summed E-state index contributed by atoms with van der Waals surface area (Å²) in [4.78, 5) is 23.5. The Balaban J connectivity index is 1.43. The van der Waals surface area contributed by atoms with Crippen molar-refractivity contribution in [2.24, 2.45) is 0 Å². The normalized spacial score (nSPS) is 16.8. The van der Waals surface area contributed by atoms with Gasteiger partial charge in [-0.2, -0.15) is 0 Å². The lowest BCUT2D eigenvalue weighted by molar-refractivity contribution is 0.207. The van der Waals surface area contributed by atoms with Crippen molar-refractivity contribution in [3.05, 3.63) is 59.8 Å². The van der Waals surface area contributed by atoms with E-state index in [9.17, 15) is 9.18 Å². The number of urea groups is 1. The molecule has 140 valence electrons. The molecule has 3 aromatic rings. The van der Waals surface area contributed by atoms with Crippen molar-refractivity contribution in [2.45, 2.75) is 32.4 Å². The van der Waals surface area contributed by atoms with Crippen LogP contribution in [-0.2, 0) is 13.1 Å². The molecule has 1 fully saturated rings. The van der Waals surface area contributed by atoms with Gasteiger partial charge in [0.25, 0.3) is 0 Å². The van der Waals surface area contributed by atoms with E-state index in [1.807, 2.05) is 12.1 Å². The molecule has 1 N–H and O–H groups in total. The lowest BCUT2D eigenvalue weighted by atomic mass is 10.1. The van der Waals surface area contributed by atoms with Crippen LogP contribution in [0.25, 0.3) is 11.2 Å². The number of aromatic nitrogens is 3. The van der Waals surface area contributed by atoms with E-state index in [1.54, 1.807) is 23.2 Å². The summed E-state index contributed by atoms with van der Waals surface area (Å²) in [5.74, 6) is 0.890. The van der Waals surface area contributed by atoms with E-state index < -0.39 is 0 Å². The summed E-state index contributed by atoms with van der Waals surface area (Å²) in [5.41, 5.74) is 2.53. The largest absolute Gasteiger partial charge is 0.334 e. The summed E-state index contributed by atoms with van der Waals surface area (Å²) < 4.78 is 15.4. The van der Waals surface area contributed by atoms with Gasteiger partial charge in [0, 0.05) is 38.3 Å². The van der Waals surface area contributed by atoms with E-state index in [0.29, 0.717) is 19.6 Å². The molecule has 0 unspecified atom stereocenters. The number of nitrogens with zero attached hydrogens (tertiary/aromatic N) is 4. The number of imidazole rings is 1. The van der Waals surface area contributed by atoms with Crippen LogP contribution in [0.5, 0.6) is 0 Å². The number of hydrogen-bond donors (Lipinski definition) is 1. The van der Waals surface area contributed by atoms with E-state index in [4.69, 9.17) is 4.98 Å². The highest BCUT2D eigenvalue weighted by molar-refractivity contribution is 5.75. The number of carbonyl (C=O) groups excluding carboxylic acids is 1. The lowest BCUT2D eigenvalue weighted by Crippen LogP contribution is -2.38. The van der Waals surface area contributed by atoms with Crippen molar-refractivity contribution >= 4 is 17.2 Å². The molecule has 1 aliphatic rings. The predicted octanol–water partition coefficient (Wildman–Crippen LogP) is 3.29. The Labute approximate surface area is 157 Å². The predicted molar refractivity (Wildman–Crippen MR) is 101 cm³/mol. The first-order valence-corrected chi connectivity index (χ1v) is 9.24. The highest BCUT2D eigenvalue weighted by Gasteiger charge is 2.30. The quantitative estimate of drug-likeness (QED) is 0.770. The SMILES string of the molecule is CCn1c([C@H]2CCN(C(=O)NCc3cccc(F)c3)C2)nc2cccnc21. The van der Waals surface area contributed by atoms with Gasteiger partial charge in [-0.1, -0.05) is 12.1 Å². The molecule has 0 bridgehead atoms. The maximum atomic E-state index is 13.3. The Kier molecular flexibility index (Phi) is 4.75. The minimum Gasteiger partial charge on any atom is -0.334 e. The standard InChI is InChI=1S/C20H22FN5O/c1-2-26-18(24-17-7-4-9-22-19(17)26)15-8-10-25(13-15)20(27)23-12-14-5-3-6-16(21)11-14/h3-7,9,11,15H,2,8,10,12-13H2,1H3,(H,23,27)/t15-/m0/s1. The Hall–Kier alpha value is -2.96. The summed E-state index contributed by atoms with van der Waals surface area (Å²) in [7, 11) is 0. The Morgan fingerprint density at radius 2 is 2.22 bits per heavy atom. The smallest absolute Gasteiger partial charge is 0.317 e. The zero-order valence-corrected chi connectivity index (χ0v) is 15.2. The molecule has 27 heavy (non-hydrogen) atoms. The highest BCUT2D eigenvalue weighted by Crippen LogP contribution is 2.29. The number of halogens is 1. The van der Waals surface area contributed by atoms with Crippen LogP contribution in [0, 0.1) is 5.82 Å².